The maximum atomic E-state index is 4.93. The maximum Gasteiger partial charge on any atom is 0.316 e. The molecule has 0 saturated carbocycles. The van der Waals surface area contributed by atoms with Crippen LogP contribution in [0.1, 0.15) is 17.3 Å². The number of aryl methyl sites for hydroxylation is 1. The molecule has 0 fully saturated rings. The molecule has 0 amide bonds. The van der Waals surface area contributed by atoms with Crippen molar-refractivity contribution in [3.63, 3.8) is 0 Å². The van der Waals surface area contributed by atoms with E-state index >= 15 is 0 Å². The third-order valence-corrected chi connectivity index (χ3v) is 2.47. The number of aromatic nitrogens is 4. The first-order valence-electron chi connectivity index (χ1n) is 5.25. The highest BCUT2D eigenvalue weighted by Gasteiger charge is 2.15. The van der Waals surface area contributed by atoms with Crippen LogP contribution in [0.25, 0.3) is 0 Å². The summed E-state index contributed by atoms with van der Waals surface area (Å²) in [4.78, 5) is 12.5. The van der Waals surface area contributed by atoms with E-state index in [0.29, 0.717) is 6.01 Å². The van der Waals surface area contributed by atoms with Gasteiger partial charge in [0.25, 0.3) is 0 Å². The Bertz CT molecular complexity index is 479. The summed E-state index contributed by atoms with van der Waals surface area (Å²) in [6.07, 6.45) is 7.21. The summed E-state index contributed by atoms with van der Waals surface area (Å²) in [5.41, 5.74) is 1.88. The fourth-order valence-electron chi connectivity index (χ4n) is 1.65. The molecule has 1 unspecified atom stereocenters. The van der Waals surface area contributed by atoms with Crippen LogP contribution in [0.4, 0.5) is 0 Å². The Kier molecular flexibility index (Phi) is 3.34. The minimum Gasteiger partial charge on any atom is -0.467 e. The molecule has 0 aliphatic rings. The summed E-state index contributed by atoms with van der Waals surface area (Å²) in [6.45, 7) is 0. The topological polar surface area (TPSA) is 64.9 Å². The average molecular weight is 233 g/mol. The first-order valence-corrected chi connectivity index (χ1v) is 5.25. The summed E-state index contributed by atoms with van der Waals surface area (Å²) >= 11 is 0. The first kappa shape index (κ1) is 11.5. The van der Waals surface area contributed by atoms with E-state index in [0.717, 1.165) is 11.3 Å². The lowest BCUT2D eigenvalue weighted by Gasteiger charge is -2.13. The highest BCUT2D eigenvalue weighted by atomic mass is 16.5. The second-order valence-corrected chi connectivity index (χ2v) is 3.69. The molecular weight excluding hydrogens is 218 g/mol. The molecule has 17 heavy (non-hydrogen) atoms. The molecule has 0 aliphatic heterocycles. The fraction of sp³-hybridized carbons (Fsp3) is 0.364. The van der Waals surface area contributed by atoms with Crippen molar-refractivity contribution in [3.8, 4) is 6.01 Å². The molecule has 2 heterocycles. The molecule has 90 valence electrons. The van der Waals surface area contributed by atoms with Crippen LogP contribution < -0.4 is 10.1 Å². The Hall–Kier alpha value is -1.95. The van der Waals surface area contributed by atoms with E-state index in [1.54, 1.807) is 25.8 Å². The Balaban J connectivity index is 2.28. The van der Waals surface area contributed by atoms with Crippen LogP contribution in [0.5, 0.6) is 6.01 Å². The number of hydrogen-bond donors (Lipinski definition) is 1. The van der Waals surface area contributed by atoms with E-state index in [-0.39, 0.29) is 6.04 Å². The predicted molar refractivity (Wildman–Crippen MR) is 62.7 cm³/mol. The smallest absolute Gasteiger partial charge is 0.316 e. The third-order valence-electron chi connectivity index (χ3n) is 2.47. The molecule has 0 bridgehead atoms. The largest absolute Gasteiger partial charge is 0.467 e. The van der Waals surface area contributed by atoms with E-state index < -0.39 is 0 Å². The van der Waals surface area contributed by atoms with E-state index in [4.69, 9.17) is 4.74 Å². The zero-order chi connectivity index (χ0) is 12.3. The highest BCUT2D eigenvalue weighted by molar-refractivity contribution is 5.22. The highest BCUT2D eigenvalue weighted by Crippen LogP contribution is 2.19. The number of methoxy groups -OCH3 is 1. The van der Waals surface area contributed by atoms with Crippen LogP contribution >= 0.6 is 0 Å². The van der Waals surface area contributed by atoms with Gasteiger partial charge in [-0.1, -0.05) is 0 Å². The van der Waals surface area contributed by atoms with E-state index in [9.17, 15) is 0 Å². The van der Waals surface area contributed by atoms with Gasteiger partial charge in [-0.3, -0.25) is 0 Å². The van der Waals surface area contributed by atoms with E-state index in [1.165, 1.54) is 0 Å². The van der Waals surface area contributed by atoms with Gasteiger partial charge in [0.2, 0.25) is 0 Å². The SMILES string of the molecule is CNC(c1cnc(OC)nc1)c1cn(C)cn1. The van der Waals surface area contributed by atoms with Gasteiger partial charge in [0, 0.05) is 31.2 Å². The van der Waals surface area contributed by atoms with Gasteiger partial charge < -0.3 is 14.6 Å². The van der Waals surface area contributed by atoms with Gasteiger partial charge in [-0.25, -0.2) is 15.0 Å². The lowest BCUT2D eigenvalue weighted by Crippen LogP contribution is -2.18. The number of imidazole rings is 1. The monoisotopic (exact) mass is 233 g/mol. The van der Waals surface area contributed by atoms with Gasteiger partial charge in [0.1, 0.15) is 0 Å². The lowest BCUT2D eigenvalue weighted by molar-refractivity contribution is 0.378. The summed E-state index contributed by atoms with van der Waals surface area (Å²) in [6, 6.07) is 0.353. The van der Waals surface area contributed by atoms with Crippen LogP contribution in [-0.4, -0.2) is 33.7 Å². The Morgan fingerprint density at radius 1 is 1.29 bits per heavy atom. The fourth-order valence-corrected chi connectivity index (χ4v) is 1.65. The zero-order valence-corrected chi connectivity index (χ0v) is 10.1. The van der Waals surface area contributed by atoms with Gasteiger partial charge in [-0.15, -0.1) is 0 Å². The Morgan fingerprint density at radius 3 is 2.47 bits per heavy atom. The second kappa shape index (κ2) is 4.92. The molecule has 0 radical (unpaired) electrons. The Labute approximate surface area is 99.7 Å². The number of nitrogens with one attached hydrogen (secondary N) is 1. The van der Waals surface area contributed by atoms with Gasteiger partial charge in [0.05, 0.1) is 25.2 Å². The van der Waals surface area contributed by atoms with Crippen molar-refractivity contribution < 1.29 is 4.74 Å². The van der Waals surface area contributed by atoms with Crippen LogP contribution in [0.2, 0.25) is 0 Å². The van der Waals surface area contributed by atoms with E-state index in [1.807, 2.05) is 24.9 Å². The van der Waals surface area contributed by atoms with Crippen molar-refractivity contribution in [3.05, 3.63) is 36.2 Å². The normalized spacial score (nSPS) is 12.4. The summed E-state index contributed by atoms with van der Waals surface area (Å²) in [5.74, 6) is 0. The van der Waals surface area contributed by atoms with Gasteiger partial charge >= 0.3 is 6.01 Å². The maximum absolute atomic E-state index is 4.93. The minimum absolute atomic E-state index is 0.0119. The van der Waals surface area contributed by atoms with Gasteiger partial charge in [0.15, 0.2) is 0 Å². The van der Waals surface area contributed by atoms with Crippen molar-refractivity contribution in [1.82, 2.24) is 24.8 Å². The molecule has 0 aromatic carbocycles. The molecule has 0 spiro atoms. The predicted octanol–water partition coefficient (Wildman–Crippen LogP) is 0.527. The Morgan fingerprint density at radius 2 is 2.00 bits per heavy atom. The lowest BCUT2D eigenvalue weighted by atomic mass is 10.1. The number of nitrogens with zero attached hydrogens (tertiary/aromatic N) is 4. The second-order valence-electron chi connectivity index (χ2n) is 3.69. The van der Waals surface area contributed by atoms with Crippen molar-refractivity contribution in [2.45, 2.75) is 6.04 Å². The average Bonchev–Trinajstić information content (AvgIpc) is 2.78. The molecule has 0 saturated heterocycles. The van der Waals surface area contributed by atoms with Gasteiger partial charge in [-0.2, -0.15) is 0 Å². The quantitative estimate of drug-likeness (QED) is 0.834. The summed E-state index contributed by atoms with van der Waals surface area (Å²) in [5, 5.41) is 3.19. The standard InChI is InChI=1S/C11H15N5O/c1-12-10(9-6-16(2)7-15-9)8-4-13-11(17-3)14-5-8/h4-7,10,12H,1-3H3. The zero-order valence-electron chi connectivity index (χ0n) is 10.1. The van der Waals surface area contributed by atoms with Crippen molar-refractivity contribution in [2.24, 2.45) is 7.05 Å². The molecule has 2 rings (SSSR count). The van der Waals surface area contributed by atoms with Crippen molar-refractivity contribution >= 4 is 0 Å². The number of ether oxygens (including phenoxy) is 1. The summed E-state index contributed by atoms with van der Waals surface area (Å²) in [7, 11) is 5.36. The molecule has 2 aromatic rings. The minimum atomic E-state index is -0.0119. The first-order chi connectivity index (χ1) is 8.24. The molecule has 1 N–H and O–H groups in total. The van der Waals surface area contributed by atoms with Crippen LogP contribution in [0, 0.1) is 0 Å². The van der Waals surface area contributed by atoms with Crippen molar-refractivity contribution in [2.75, 3.05) is 14.2 Å². The van der Waals surface area contributed by atoms with Crippen LogP contribution in [-0.2, 0) is 7.05 Å². The summed E-state index contributed by atoms with van der Waals surface area (Å²) < 4.78 is 6.84. The molecular formula is C11H15N5O. The molecule has 2 aromatic heterocycles. The molecule has 6 nitrogen and oxygen atoms in total. The molecule has 6 heteroatoms. The number of hydrogen-bond acceptors (Lipinski definition) is 5. The van der Waals surface area contributed by atoms with Crippen molar-refractivity contribution in [1.29, 1.82) is 0 Å². The third kappa shape index (κ3) is 2.42. The van der Waals surface area contributed by atoms with Crippen LogP contribution in [0.3, 0.4) is 0 Å². The molecule has 0 aliphatic carbocycles. The number of rotatable bonds is 4. The molecule has 1 atom stereocenters. The van der Waals surface area contributed by atoms with Crippen LogP contribution in [0.15, 0.2) is 24.9 Å². The van der Waals surface area contributed by atoms with Gasteiger partial charge in [-0.05, 0) is 7.05 Å². The van der Waals surface area contributed by atoms with E-state index in [2.05, 4.69) is 20.3 Å².